The molecule has 2 saturated heterocycles. The molecule has 0 radical (unpaired) electrons. The van der Waals surface area contributed by atoms with Crippen LogP contribution in [0.1, 0.15) is 64.2 Å². The van der Waals surface area contributed by atoms with Crippen LogP contribution in [-0.2, 0) is 19.2 Å². The van der Waals surface area contributed by atoms with Crippen LogP contribution in [0.2, 0.25) is 0 Å². The number of carbonyl (C=O) groups excluding carboxylic acids is 4. The van der Waals surface area contributed by atoms with Gasteiger partial charge in [0.15, 0.2) is 0 Å². The molecule has 7 aliphatic rings. The Balaban J connectivity index is 1.19. The van der Waals surface area contributed by atoms with Gasteiger partial charge in [-0.15, -0.1) is 13.2 Å². The minimum Gasteiger partial charge on any atom is -0.277 e. The Hall–Kier alpha value is -2.76. The third-order valence-electron chi connectivity index (χ3n) is 11.5. The van der Waals surface area contributed by atoms with Gasteiger partial charge in [-0.25, -0.2) is 0 Å². The number of rotatable bonds is 8. The highest BCUT2D eigenvalue weighted by Gasteiger charge is 2.69. The molecule has 10 unspecified atom stereocenters. The number of fused-ring (bicyclic) bond motifs is 10. The Bertz CT molecular complexity index is 1110. The summed E-state index contributed by atoms with van der Waals surface area (Å²) in [6, 6.07) is -0.821. The van der Waals surface area contributed by atoms with E-state index in [9.17, 15) is 19.2 Å². The highest BCUT2D eigenvalue weighted by Crippen LogP contribution is 2.64. The van der Waals surface area contributed by atoms with E-state index in [1.165, 1.54) is 9.80 Å². The number of allylic oxidation sites excluding steroid dienone is 6. The topological polar surface area (TPSA) is 74.8 Å². The third-order valence-corrected chi connectivity index (χ3v) is 11.5. The lowest BCUT2D eigenvalue weighted by Gasteiger charge is -2.42. The van der Waals surface area contributed by atoms with E-state index < -0.39 is 12.1 Å². The van der Waals surface area contributed by atoms with Gasteiger partial charge in [0.2, 0.25) is 23.6 Å². The maximum absolute atomic E-state index is 14.1. The molecule has 3 saturated carbocycles. The minimum absolute atomic E-state index is 0.0729. The summed E-state index contributed by atoms with van der Waals surface area (Å²) in [5, 5.41) is 0. The molecular weight excluding hydrogens is 476 g/mol. The van der Waals surface area contributed by atoms with E-state index in [2.05, 4.69) is 37.5 Å². The summed E-state index contributed by atoms with van der Waals surface area (Å²) < 4.78 is 0. The Morgan fingerprint density at radius 3 is 1.53 bits per heavy atom. The van der Waals surface area contributed by atoms with Crippen molar-refractivity contribution in [1.29, 1.82) is 0 Å². The van der Waals surface area contributed by atoms with Crippen molar-refractivity contribution in [1.82, 2.24) is 9.80 Å². The summed E-state index contributed by atoms with van der Waals surface area (Å²) in [4.78, 5) is 59.2. The van der Waals surface area contributed by atoms with Gasteiger partial charge in [-0.05, 0) is 63.2 Å². The van der Waals surface area contributed by atoms with Crippen LogP contribution in [0.15, 0.2) is 49.6 Å². The predicted octanol–water partition coefficient (Wildman–Crippen LogP) is 4.58. The van der Waals surface area contributed by atoms with Gasteiger partial charge in [-0.1, -0.05) is 49.3 Å². The Morgan fingerprint density at radius 2 is 1.13 bits per heavy atom. The molecule has 7 rings (SSSR count). The predicted molar refractivity (Wildman–Crippen MR) is 142 cm³/mol. The number of amides is 4. The molecule has 38 heavy (non-hydrogen) atoms. The lowest BCUT2D eigenvalue weighted by molar-refractivity contribution is -0.154. The van der Waals surface area contributed by atoms with Gasteiger partial charge in [-0.3, -0.25) is 29.0 Å². The van der Waals surface area contributed by atoms with E-state index in [4.69, 9.17) is 0 Å². The molecule has 4 bridgehead atoms. The van der Waals surface area contributed by atoms with Gasteiger partial charge < -0.3 is 0 Å². The van der Waals surface area contributed by atoms with Gasteiger partial charge in [-0.2, -0.15) is 0 Å². The summed E-state index contributed by atoms with van der Waals surface area (Å²) in [6.45, 7) is 7.74. The SMILES string of the molecule is C=CCCC12C=CC(C1)C1C(=O)N(C3CCCCC3N3C(=O)C4C5C=CC(CCC=C)(C5)C4C3=O)C(=O)C12. The second-order valence-electron chi connectivity index (χ2n) is 13.1. The zero-order valence-electron chi connectivity index (χ0n) is 22.1. The molecule has 6 nitrogen and oxygen atoms in total. The van der Waals surface area contributed by atoms with Gasteiger partial charge in [0.05, 0.1) is 35.8 Å². The zero-order valence-corrected chi connectivity index (χ0v) is 22.1. The summed E-state index contributed by atoms with van der Waals surface area (Å²) >= 11 is 0. The number of carbonyl (C=O) groups is 4. The molecule has 2 heterocycles. The van der Waals surface area contributed by atoms with Crippen molar-refractivity contribution in [3.05, 3.63) is 49.6 Å². The zero-order chi connectivity index (χ0) is 26.4. The van der Waals surface area contributed by atoms with E-state index in [0.717, 1.165) is 51.4 Å². The first-order chi connectivity index (χ1) is 18.4. The lowest BCUT2D eigenvalue weighted by atomic mass is 9.72. The first kappa shape index (κ1) is 24.3. The molecule has 0 aromatic heterocycles. The molecule has 0 spiro atoms. The van der Waals surface area contributed by atoms with Crippen LogP contribution in [0.5, 0.6) is 0 Å². The van der Waals surface area contributed by atoms with Crippen molar-refractivity contribution in [2.75, 3.05) is 0 Å². The molecule has 0 N–H and O–H groups in total. The molecule has 200 valence electrons. The van der Waals surface area contributed by atoms with Crippen molar-refractivity contribution >= 4 is 23.6 Å². The van der Waals surface area contributed by atoms with Crippen LogP contribution >= 0.6 is 0 Å². The van der Waals surface area contributed by atoms with Crippen LogP contribution in [0.25, 0.3) is 0 Å². The number of imide groups is 2. The molecule has 0 aromatic rings. The van der Waals surface area contributed by atoms with Crippen LogP contribution in [-0.4, -0.2) is 45.5 Å². The van der Waals surface area contributed by atoms with E-state index in [1.807, 2.05) is 12.2 Å². The summed E-state index contributed by atoms with van der Waals surface area (Å²) in [5.74, 6) is -1.32. The van der Waals surface area contributed by atoms with Gasteiger partial charge in [0.25, 0.3) is 0 Å². The standard InChI is InChI=1S/C32H38N2O4/c1-3-5-13-31-15-11-19(17-31)23-25(31)29(37)33(27(23)35)21-9-7-8-10-22(21)34-28(36)24-20-12-16-32(18-20,14-6-4-2)26(24)30(34)38/h3-4,11-12,15-16,19-26H,1-2,5-10,13-14,17-18H2. The van der Waals surface area contributed by atoms with Crippen LogP contribution in [0.3, 0.4) is 0 Å². The number of likely N-dealkylation sites (tertiary alicyclic amines) is 2. The fraction of sp³-hybridized carbons (Fsp3) is 0.625. The highest BCUT2D eigenvalue weighted by molar-refractivity contribution is 6.09. The second kappa shape index (κ2) is 8.37. The van der Waals surface area contributed by atoms with Crippen molar-refractivity contribution < 1.29 is 19.2 Å². The molecule has 2 aliphatic heterocycles. The summed E-state index contributed by atoms with van der Waals surface area (Å²) in [6.07, 6.45) is 20.6. The highest BCUT2D eigenvalue weighted by atomic mass is 16.2. The van der Waals surface area contributed by atoms with Crippen molar-refractivity contribution in [3.63, 3.8) is 0 Å². The first-order valence-corrected chi connectivity index (χ1v) is 14.7. The Morgan fingerprint density at radius 1 is 0.711 bits per heavy atom. The van der Waals surface area contributed by atoms with Crippen molar-refractivity contribution in [2.24, 2.45) is 46.3 Å². The molecule has 6 heteroatoms. The molecular formula is C32H38N2O4. The second-order valence-corrected chi connectivity index (χ2v) is 13.1. The van der Waals surface area contributed by atoms with Crippen LogP contribution in [0.4, 0.5) is 0 Å². The number of hydrogen-bond donors (Lipinski definition) is 0. The van der Waals surface area contributed by atoms with E-state index in [0.29, 0.717) is 12.8 Å². The largest absolute Gasteiger partial charge is 0.277 e. The normalized spacial score (nSPS) is 46.0. The summed E-state index contributed by atoms with van der Waals surface area (Å²) in [5.41, 5.74) is -0.540. The minimum atomic E-state index is -0.410. The van der Waals surface area contributed by atoms with E-state index >= 15 is 0 Å². The number of hydrogen-bond acceptors (Lipinski definition) is 4. The average Bonchev–Trinajstić information content (AvgIpc) is 3.74. The molecule has 5 fully saturated rings. The Kier molecular flexibility index (Phi) is 5.35. The van der Waals surface area contributed by atoms with Crippen LogP contribution < -0.4 is 0 Å². The molecule has 0 aromatic carbocycles. The molecule has 10 atom stereocenters. The van der Waals surface area contributed by atoms with E-state index in [1.54, 1.807) is 0 Å². The Labute approximate surface area is 224 Å². The first-order valence-electron chi connectivity index (χ1n) is 14.7. The molecule has 4 amide bonds. The number of nitrogens with zero attached hydrogens (tertiary/aromatic N) is 2. The summed E-state index contributed by atoms with van der Waals surface area (Å²) in [7, 11) is 0. The quantitative estimate of drug-likeness (QED) is 0.351. The van der Waals surface area contributed by atoms with Crippen molar-refractivity contribution in [3.8, 4) is 0 Å². The third kappa shape index (κ3) is 2.95. The fourth-order valence-electron chi connectivity index (χ4n) is 10.0. The lowest BCUT2D eigenvalue weighted by Crippen LogP contribution is -2.58. The maximum Gasteiger partial charge on any atom is 0.234 e. The smallest absolute Gasteiger partial charge is 0.234 e. The van der Waals surface area contributed by atoms with Crippen molar-refractivity contribution in [2.45, 2.75) is 76.3 Å². The fourth-order valence-corrected chi connectivity index (χ4v) is 10.0. The molecule has 5 aliphatic carbocycles. The van der Waals surface area contributed by atoms with E-state index in [-0.39, 0.29) is 70.0 Å². The van der Waals surface area contributed by atoms with Gasteiger partial charge in [0, 0.05) is 10.8 Å². The van der Waals surface area contributed by atoms with Gasteiger partial charge >= 0.3 is 0 Å². The monoisotopic (exact) mass is 514 g/mol. The maximum atomic E-state index is 14.1. The average molecular weight is 515 g/mol. The van der Waals surface area contributed by atoms with Crippen LogP contribution in [0, 0.1) is 46.3 Å². The van der Waals surface area contributed by atoms with Gasteiger partial charge in [0.1, 0.15) is 0 Å².